The molecule has 1 N–H and O–H groups in total. The molecule has 1 saturated carbocycles. The van der Waals surface area contributed by atoms with E-state index in [0.717, 1.165) is 31.0 Å². The van der Waals surface area contributed by atoms with Gasteiger partial charge in [0.25, 0.3) is 0 Å². The summed E-state index contributed by atoms with van der Waals surface area (Å²) in [7, 11) is 0. The number of hydrogen-bond donors (Lipinski definition) is 1. The highest BCUT2D eigenvalue weighted by Gasteiger charge is 2.37. The lowest BCUT2D eigenvalue weighted by Crippen LogP contribution is -2.60. The maximum atomic E-state index is 3.76. The highest BCUT2D eigenvalue weighted by Crippen LogP contribution is 2.34. The van der Waals surface area contributed by atoms with Crippen LogP contribution in [0.4, 0.5) is 0 Å². The molecule has 4 unspecified atom stereocenters. The van der Waals surface area contributed by atoms with Crippen LogP contribution in [-0.4, -0.2) is 30.6 Å². The maximum absolute atomic E-state index is 3.76. The molecule has 0 aromatic heterocycles. The second kappa shape index (κ2) is 6.10. The summed E-state index contributed by atoms with van der Waals surface area (Å²) in [5.74, 6) is 1.76. The van der Waals surface area contributed by atoms with E-state index in [2.05, 4.69) is 61.3 Å². The highest BCUT2D eigenvalue weighted by atomic mass is 15.2. The second-order valence-corrected chi connectivity index (χ2v) is 7.56. The smallest absolute Gasteiger partial charge is 0.0535 e. The summed E-state index contributed by atoms with van der Waals surface area (Å²) in [6, 6.07) is 11.7. The lowest BCUT2D eigenvalue weighted by Gasteiger charge is -2.48. The minimum absolute atomic E-state index is 0.0995. The fourth-order valence-corrected chi connectivity index (χ4v) is 4.49. The van der Waals surface area contributed by atoms with Crippen LogP contribution in [0.1, 0.15) is 45.6 Å². The predicted octanol–water partition coefficient (Wildman–Crippen LogP) is 3.63. The number of rotatable bonds is 2. The molecule has 2 nitrogen and oxygen atoms in total. The molecule has 1 aliphatic heterocycles. The van der Waals surface area contributed by atoms with Crippen LogP contribution in [0.5, 0.6) is 0 Å². The van der Waals surface area contributed by atoms with Crippen LogP contribution in [0.25, 0.3) is 0 Å². The van der Waals surface area contributed by atoms with Crippen molar-refractivity contribution >= 4 is 0 Å². The fourth-order valence-electron chi connectivity index (χ4n) is 4.49. The SMILES string of the molecule is CC1CCC(N2CCNC(C)(c3ccccc3)C2)C(C)C1. The molecule has 1 aromatic rings. The number of nitrogens with zero attached hydrogens (tertiary/aromatic N) is 1. The largest absolute Gasteiger partial charge is 0.305 e. The Hall–Kier alpha value is -0.860. The molecule has 0 radical (unpaired) electrons. The molecule has 2 aliphatic rings. The van der Waals surface area contributed by atoms with E-state index in [9.17, 15) is 0 Å². The van der Waals surface area contributed by atoms with Gasteiger partial charge in [-0.1, -0.05) is 44.2 Å². The first-order valence-electron chi connectivity index (χ1n) is 8.63. The van der Waals surface area contributed by atoms with Gasteiger partial charge in [-0.15, -0.1) is 0 Å². The Balaban J connectivity index is 1.74. The zero-order chi connectivity index (χ0) is 14.9. The second-order valence-electron chi connectivity index (χ2n) is 7.56. The Morgan fingerprint density at radius 1 is 1.14 bits per heavy atom. The molecule has 1 aromatic carbocycles. The van der Waals surface area contributed by atoms with Crippen molar-refractivity contribution in [3.05, 3.63) is 35.9 Å². The van der Waals surface area contributed by atoms with Crippen molar-refractivity contribution < 1.29 is 0 Å². The predicted molar refractivity (Wildman–Crippen MR) is 89.3 cm³/mol. The molecule has 0 amide bonds. The number of benzene rings is 1. The highest BCUT2D eigenvalue weighted by molar-refractivity contribution is 5.25. The van der Waals surface area contributed by atoms with Gasteiger partial charge in [-0.05, 0) is 43.6 Å². The summed E-state index contributed by atoms with van der Waals surface area (Å²) in [5, 5.41) is 3.76. The van der Waals surface area contributed by atoms with Gasteiger partial charge < -0.3 is 5.32 Å². The molecule has 116 valence electrons. The zero-order valence-corrected chi connectivity index (χ0v) is 13.8. The topological polar surface area (TPSA) is 15.3 Å². The van der Waals surface area contributed by atoms with Crippen molar-refractivity contribution in [3.63, 3.8) is 0 Å². The Morgan fingerprint density at radius 3 is 2.62 bits per heavy atom. The summed E-state index contributed by atoms with van der Waals surface area (Å²) in [5.41, 5.74) is 1.52. The first kappa shape index (κ1) is 15.1. The summed E-state index contributed by atoms with van der Waals surface area (Å²) in [6.45, 7) is 10.7. The number of nitrogens with one attached hydrogen (secondary N) is 1. The third-order valence-electron chi connectivity index (χ3n) is 5.70. The quantitative estimate of drug-likeness (QED) is 0.893. The van der Waals surface area contributed by atoms with Crippen LogP contribution in [0, 0.1) is 11.8 Å². The third kappa shape index (κ3) is 3.17. The van der Waals surface area contributed by atoms with Crippen molar-refractivity contribution in [2.75, 3.05) is 19.6 Å². The normalized spacial score (nSPS) is 38.3. The van der Waals surface area contributed by atoms with E-state index in [-0.39, 0.29) is 5.54 Å². The summed E-state index contributed by atoms with van der Waals surface area (Å²) >= 11 is 0. The van der Waals surface area contributed by atoms with Crippen molar-refractivity contribution in [2.45, 2.75) is 51.6 Å². The molecule has 0 spiro atoms. The molecule has 1 aliphatic carbocycles. The monoisotopic (exact) mass is 286 g/mol. The van der Waals surface area contributed by atoms with Crippen molar-refractivity contribution in [1.29, 1.82) is 0 Å². The lowest BCUT2D eigenvalue weighted by atomic mass is 9.78. The number of hydrogen-bond acceptors (Lipinski definition) is 2. The van der Waals surface area contributed by atoms with E-state index in [0.29, 0.717) is 0 Å². The van der Waals surface area contributed by atoms with Crippen molar-refractivity contribution in [3.8, 4) is 0 Å². The first-order valence-corrected chi connectivity index (χ1v) is 8.63. The van der Waals surface area contributed by atoms with E-state index >= 15 is 0 Å². The van der Waals surface area contributed by atoms with E-state index in [1.54, 1.807) is 0 Å². The minimum Gasteiger partial charge on any atom is -0.305 e. The van der Waals surface area contributed by atoms with E-state index < -0.39 is 0 Å². The van der Waals surface area contributed by atoms with Gasteiger partial charge in [0, 0.05) is 25.7 Å². The van der Waals surface area contributed by atoms with Crippen LogP contribution < -0.4 is 5.32 Å². The van der Waals surface area contributed by atoms with Gasteiger partial charge in [0.15, 0.2) is 0 Å². The molecular weight excluding hydrogens is 256 g/mol. The average molecular weight is 286 g/mol. The zero-order valence-electron chi connectivity index (χ0n) is 13.8. The summed E-state index contributed by atoms with van der Waals surface area (Å²) < 4.78 is 0. The van der Waals surface area contributed by atoms with Crippen molar-refractivity contribution in [2.24, 2.45) is 11.8 Å². The van der Waals surface area contributed by atoms with Gasteiger partial charge in [0.05, 0.1) is 5.54 Å². The minimum atomic E-state index is 0.0995. The summed E-state index contributed by atoms with van der Waals surface area (Å²) in [4.78, 5) is 2.76. The molecule has 0 bridgehead atoms. The molecule has 2 fully saturated rings. The van der Waals surface area contributed by atoms with Gasteiger partial charge in [-0.2, -0.15) is 0 Å². The molecule has 1 saturated heterocycles. The molecule has 1 heterocycles. The Labute approximate surface area is 129 Å². The maximum Gasteiger partial charge on any atom is 0.0535 e. The first-order chi connectivity index (χ1) is 10.1. The third-order valence-corrected chi connectivity index (χ3v) is 5.70. The Kier molecular flexibility index (Phi) is 4.37. The Morgan fingerprint density at radius 2 is 1.90 bits per heavy atom. The van der Waals surface area contributed by atoms with Gasteiger partial charge in [-0.3, -0.25) is 4.90 Å². The van der Waals surface area contributed by atoms with Crippen molar-refractivity contribution in [1.82, 2.24) is 10.2 Å². The van der Waals surface area contributed by atoms with E-state index in [1.165, 1.54) is 31.4 Å². The van der Waals surface area contributed by atoms with Crippen LogP contribution in [0.3, 0.4) is 0 Å². The van der Waals surface area contributed by atoms with E-state index in [1.807, 2.05) is 0 Å². The standard InChI is InChI=1S/C19H30N2/c1-15-9-10-18(16(2)13-15)21-12-11-20-19(3,14-21)17-7-5-4-6-8-17/h4-8,15-16,18,20H,9-14H2,1-3H3. The van der Waals surface area contributed by atoms with Crippen LogP contribution in [-0.2, 0) is 5.54 Å². The van der Waals surface area contributed by atoms with Crippen LogP contribution in [0.2, 0.25) is 0 Å². The molecule has 21 heavy (non-hydrogen) atoms. The number of piperazine rings is 1. The Bertz CT molecular complexity index is 458. The fraction of sp³-hybridized carbons (Fsp3) is 0.684. The van der Waals surface area contributed by atoms with Gasteiger partial charge in [0.1, 0.15) is 0 Å². The molecule has 2 heteroatoms. The van der Waals surface area contributed by atoms with Gasteiger partial charge >= 0.3 is 0 Å². The average Bonchev–Trinajstić information content (AvgIpc) is 2.48. The van der Waals surface area contributed by atoms with Gasteiger partial charge in [0.2, 0.25) is 0 Å². The van der Waals surface area contributed by atoms with Crippen LogP contribution >= 0.6 is 0 Å². The van der Waals surface area contributed by atoms with Gasteiger partial charge in [-0.25, -0.2) is 0 Å². The molecular formula is C19H30N2. The molecule has 4 atom stereocenters. The van der Waals surface area contributed by atoms with E-state index in [4.69, 9.17) is 0 Å². The van der Waals surface area contributed by atoms with Crippen LogP contribution in [0.15, 0.2) is 30.3 Å². The molecule has 3 rings (SSSR count). The lowest BCUT2D eigenvalue weighted by molar-refractivity contribution is 0.0429. The summed E-state index contributed by atoms with van der Waals surface area (Å²) in [6.07, 6.45) is 4.19.